The van der Waals surface area contributed by atoms with Crippen molar-refractivity contribution in [3.63, 3.8) is 0 Å². The highest BCUT2D eigenvalue weighted by atomic mass is 16.5. The third-order valence-corrected chi connectivity index (χ3v) is 1.71. The zero-order valence-corrected chi connectivity index (χ0v) is 10.1. The Labute approximate surface area is 95.7 Å². The Balaban J connectivity index is 0.00000106. The molecule has 0 atom stereocenters. The van der Waals surface area contributed by atoms with Gasteiger partial charge in [0, 0.05) is 6.07 Å². The van der Waals surface area contributed by atoms with Gasteiger partial charge in [-0.25, -0.2) is 16.4 Å². The number of pyridine rings is 1. The molecule has 6 nitrogen and oxygen atoms in total. The summed E-state index contributed by atoms with van der Waals surface area (Å²) in [7, 11) is 1.54. The highest BCUT2D eigenvalue weighted by molar-refractivity contribution is 5.96. The zero-order chi connectivity index (χ0) is 12.6. The summed E-state index contributed by atoms with van der Waals surface area (Å²) in [5.74, 6) is 5.72. The molecule has 90 valence electrons. The normalized spacial score (nSPS) is 10.2. The van der Waals surface area contributed by atoms with Gasteiger partial charge < -0.3 is 10.5 Å². The number of nitrogens with zero attached hydrogens (tertiary/aromatic N) is 2. The molecule has 0 aromatic carbocycles. The van der Waals surface area contributed by atoms with E-state index in [1.807, 2.05) is 26.8 Å². The zero-order valence-electron chi connectivity index (χ0n) is 10.1. The number of hydrazine groups is 1. The van der Waals surface area contributed by atoms with E-state index in [4.69, 9.17) is 16.3 Å². The Morgan fingerprint density at radius 1 is 1.44 bits per heavy atom. The van der Waals surface area contributed by atoms with Gasteiger partial charge >= 0.3 is 0 Å². The first-order valence-corrected chi connectivity index (χ1v) is 4.99. The van der Waals surface area contributed by atoms with E-state index in [0.717, 1.165) is 5.56 Å². The van der Waals surface area contributed by atoms with Gasteiger partial charge in [0.05, 0.1) is 7.11 Å². The monoisotopic (exact) mass is 225 g/mol. The van der Waals surface area contributed by atoms with E-state index in [1.54, 1.807) is 6.07 Å². The van der Waals surface area contributed by atoms with Gasteiger partial charge in [-0.2, -0.15) is 0 Å². The SMILES string of the molecule is CC.COc1ccc(C)c(/C(N)=N/NN)n1. The molecule has 0 fully saturated rings. The summed E-state index contributed by atoms with van der Waals surface area (Å²) in [6.07, 6.45) is 0. The maximum Gasteiger partial charge on any atom is 0.213 e. The summed E-state index contributed by atoms with van der Waals surface area (Å²) in [4.78, 5) is 4.14. The molecule has 0 saturated heterocycles. The maximum atomic E-state index is 5.62. The Hall–Kier alpha value is -1.82. The van der Waals surface area contributed by atoms with Crippen LogP contribution in [-0.4, -0.2) is 17.9 Å². The number of hydrogen-bond acceptors (Lipinski definition) is 5. The third kappa shape index (κ3) is 3.74. The number of methoxy groups -OCH3 is 1. The smallest absolute Gasteiger partial charge is 0.213 e. The van der Waals surface area contributed by atoms with Crippen LogP contribution in [0.25, 0.3) is 0 Å². The van der Waals surface area contributed by atoms with E-state index in [9.17, 15) is 0 Å². The van der Waals surface area contributed by atoms with Crippen molar-refractivity contribution in [2.24, 2.45) is 16.7 Å². The van der Waals surface area contributed by atoms with Crippen molar-refractivity contribution < 1.29 is 4.74 Å². The number of hydrogen-bond donors (Lipinski definition) is 3. The fourth-order valence-electron chi connectivity index (χ4n) is 1.01. The molecule has 0 unspecified atom stereocenters. The van der Waals surface area contributed by atoms with Gasteiger partial charge in [-0.3, -0.25) is 0 Å². The Morgan fingerprint density at radius 2 is 2.06 bits per heavy atom. The molecule has 16 heavy (non-hydrogen) atoms. The first kappa shape index (κ1) is 14.2. The summed E-state index contributed by atoms with van der Waals surface area (Å²) in [6.45, 7) is 5.88. The van der Waals surface area contributed by atoms with Crippen LogP contribution >= 0.6 is 0 Å². The van der Waals surface area contributed by atoms with Crippen molar-refractivity contribution in [3.05, 3.63) is 23.4 Å². The molecule has 1 heterocycles. The lowest BCUT2D eigenvalue weighted by molar-refractivity contribution is 0.397. The fourth-order valence-corrected chi connectivity index (χ4v) is 1.01. The van der Waals surface area contributed by atoms with Gasteiger partial charge in [0.2, 0.25) is 5.88 Å². The van der Waals surface area contributed by atoms with Crippen molar-refractivity contribution in [1.82, 2.24) is 10.5 Å². The van der Waals surface area contributed by atoms with E-state index in [0.29, 0.717) is 11.6 Å². The number of ether oxygens (including phenoxy) is 1. The second-order valence-electron chi connectivity index (χ2n) is 2.65. The van der Waals surface area contributed by atoms with E-state index in [2.05, 4.69) is 15.6 Å². The minimum atomic E-state index is 0.226. The number of aryl methyl sites for hydroxylation is 1. The van der Waals surface area contributed by atoms with Crippen molar-refractivity contribution in [3.8, 4) is 5.88 Å². The Bertz CT molecular complexity index is 351. The van der Waals surface area contributed by atoms with Crippen molar-refractivity contribution in [2.75, 3.05) is 7.11 Å². The van der Waals surface area contributed by atoms with E-state index in [1.165, 1.54) is 7.11 Å². The summed E-state index contributed by atoms with van der Waals surface area (Å²) in [5, 5.41) is 3.64. The second kappa shape index (κ2) is 7.47. The molecular formula is C10H19N5O. The Kier molecular flexibility index (Phi) is 6.62. The minimum absolute atomic E-state index is 0.226. The summed E-state index contributed by atoms with van der Waals surface area (Å²) >= 11 is 0. The van der Waals surface area contributed by atoms with Gasteiger partial charge in [0.25, 0.3) is 0 Å². The average molecular weight is 225 g/mol. The molecule has 5 N–H and O–H groups in total. The highest BCUT2D eigenvalue weighted by Crippen LogP contribution is 2.11. The Morgan fingerprint density at radius 3 is 2.56 bits per heavy atom. The predicted molar refractivity (Wildman–Crippen MR) is 64.9 cm³/mol. The lowest BCUT2D eigenvalue weighted by Gasteiger charge is -2.05. The molecule has 0 aliphatic rings. The van der Waals surface area contributed by atoms with Gasteiger partial charge in [-0.15, -0.1) is 5.10 Å². The molecule has 0 amide bonds. The van der Waals surface area contributed by atoms with Crippen molar-refractivity contribution in [2.45, 2.75) is 20.8 Å². The average Bonchev–Trinajstić information content (AvgIpc) is 2.32. The molecule has 0 saturated carbocycles. The van der Waals surface area contributed by atoms with Gasteiger partial charge in [-0.1, -0.05) is 19.9 Å². The van der Waals surface area contributed by atoms with E-state index < -0.39 is 0 Å². The van der Waals surface area contributed by atoms with E-state index in [-0.39, 0.29) is 5.84 Å². The fraction of sp³-hybridized carbons (Fsp3) is 0.400. The molecule has 1 aromatic heterocycles. The molecule has 1 rings (SSSR count). The van der Waals surface area contributed by atoms with Crippen LogP contribution in [-0.2, 0) is 0 Å². The molecule has 0 aliphatic heterocycles. The topological polar surface area (TPSA) is 98.5 Å². The van der Waals surface area contributed by atoms with Gasteiger partial charge in [0.1, 0.15) is 5.69 Å². The first-order chi connectivity index (χ1) is 7.69. The van der Waals surface area contributed by atoms with Crippen molar-refractivity contribution in [1.29, 1.82) is 0 Å². The lowest BCUT2D eigenvalue weighted by Crippen LogP contribution is -2.24. The molecule has 0 spiro atoms. The number of hydrazone groups is 1. The first-order valence-electron chi connectivity index (χ1n) is 4.99. The quantitative estimate of drug-likeness (QED) is 0.301. The van der Waals surface area contributed by atoms with Gasteiger partial charge in [-0.05, 0) is 12.5 Å². The lowest BCUT2D eigenvalue weighted by atomic mass is 10.2. The van der Waals surface area contributed by atoms with Crippen LogP contribution in [0.5, 0.6) is 5.88 Å². The number of aromatic nitrogens is 1. The molecule has 0 aliphatic carbocycles. The van der Waals surface area contributed by atoms with Crippen LogP contribution in [0.15, 0.2) is 17.2 Å². The number of amidine groups is 1. The summed E-state index contributed by atoms with van der Waals surface area (Å²) < 4.78 is 4.96. The number of nitrogens with two attached hydrogens (primary N) is 2. The minimum Gasteiger partial charge on any atom is -0.481 e. The standard InChI is InChI=1S/C8H13N5O.C2H6/c1-5-3-4-6(14-2)11-7(5)8(9)12-13-10;1-2/h3-4,13H,10H2,1-2H3,(H2,9,12);1-2H3. The van der Waals surface area contributed by atoms with Gasteiger partial charge in [0.15, 0.2) is 5.84 Å². The van der Waals surface area contributed by atoms with Crippen LogP contribution in [0.3, 0.4) is 0 Å². The van der Waals surface area contributed by atoms with Crippen LogP contribution in [0.1, 0.15) is 25.1 Å². The summed E-state index contributed by atoms with van der Waals surface area (Å²) in [6, 6.07) is 3.60. The second-order valence-corrected chi connectivity index (χ2v) is 2.65. The van der Waals surface area contributed by atoms with Crippen LogP contribution < -0.4 is 21.8 Å². The molecule has 6 heteroatoms. The highest BCUT2D eigenvalue weighted by Gasteiger charge is 2.06. The molecule has 1 aromatic rings. The molecular weight excluding hydrogens is 206 g/mol. The molecule has 0 bridgehead atoms. The van der Waals surface area contributed by atoms with Crippen LogP contribution in [0.2, 0.25) is 0 Å². The third-order valence-electron chi connectivity index (χ3n) is 1.71. The largest absolute Gasteiger partial charge is 0.481 e. The van der Waals surface area contributed by atoms with Crippen molar-refractivity contribution >= 4 is 5.84 Å². The van der Waals surface area contributed by atoms with Crippen LogP contribution in [0.4, 0.5) is 0 Å². The summed E-state index contributed by atoms with van der Waals surface area (Å²) in [5.41, 5.74) is 9.19. The maximum absolute atomic E-state index is 5.62. The number of nitrogens with one attached hydrogen (secondary N) is 1. The predicted octanol–water partition coefficient (Wildman–Crippen LogP) is 0.508. The van der Waals surface area contributed by atoms with E-state index >= 15 is 0 Å². The van der Waals surface area contributed by atoms with Crippen LogP contribution in [0, 0.1) is 6.92 Å². The molecule has 0 radical (unpaired) electrons. The number of rotatable bonds is 3.